The summed E-state index contributed by atoms with van der Waals surface area (Å²) in [6, 6.07) is 18.6. The lowest BCUT2D eigenvalue weighted by atomic mass is 9.87. The fourth-order valence-electron chi connectivity index (χ4n) is 5.59. The molecule has 0 unspecified atom stereocenters. The molecular formula is C35H39NS. The highest BCUT2D eigenvalue weighted by atomic mass is 32.1. The van der Waals surface area contributed by atoms with Crippen molar-refractivity contribution in [3.8, 4) is 21.7 Å². The first-order valence-electron chi connectivity index (χ1n) is 13.5. The average Bonchev–Trinajstić information content (AvgIpc) is 3.14. The molecule has 0 saturated heterocycles. The van der Waals surface area contributed by atoms with Crippen LogP contribution in [0.5, 0.6) is 0 Å². The van der Waals surface area contributed by atoms with E-state index < -0.39 is 0 Å². The third-order valence-electron chi connectivity index (χ3n) is 7.62. The molecular weight excluding hydrogens is 466 g/mol. The number of hydrogen-bond donors (Lipinski definition) is 0. The molecule has 0 atom stereocenters. The molecule has 190 valence electrons. The molecule has 0 radical (unpaired) electrons. The summed E-state index contributed by atoms with van der Waals surface area (Å²) in [5.74, 6) is 0.443. The first-order chi connectivity index (χ1) is 17.4. The van der Waals surface area contributed by atoms with Crippen molar-refractivity contribution in [1.82, 2.24) is 4.98 Å². The number of nitrogens with zero attached hydrogens (tertiary/aromatic N) is 1. The highest BCUT2D eigenvalue weighted by Crippen LogP contribution is 2.44. The SMILES string of the molecule is Cc1cc2cc(-c3nccc4c(C)c(-c5ccc(CC(C)(C)C)cc5C)sc34)cc(C(C)C)c2cc1C. The van der Waals surface area contributed by atoms with Crippen LogP contribution < -0.4 is 0 Å². The minimum Gasteiger partial charge on any atom is -0.255 e. The van der Waals surface area contributed by atoms with Crippen molar-refractivity contribution < 1.29 is 0 Å². The second-order valence-corrected chi connectivity index (χ2v) is 13.4. The van der Waals surface area contributed by atoms with E-state index in [1.54, 1.807) is 0 Å². The number of pyridine rings is 1. The Hall–Kier alpha value is -2.97. The first kappa shape index (κ1) is 25.7. The quantitative estimate of drug-likeness (QED) is 0.237. The number of hydrogen-bond acceptors (Lipinski definition) is 2. The van der Waals surface area contributed by atoms with Gasteiger partial charge in [0.25, 0.3) is 0 Å². The highest BCUT2D eigenvalue weighted by Gasteiger charge is 2.19. The molecule has 1 nitrogen and oxygen atoms in total. The largest absolute Gasteiger partial charge is 0.255 e. The molecule has 2 heteroatoms. The van der Waals surface area contributed by atoms with Gasteiger partial charge in [-0.15, -0.1) is 11.3 Å². The Morgan fingerprint density at radius 3 is 2.22 bits per heavy atom. The molecule has 5 aromatic rings. The number of benzene rings is 3. The molecule has 0 amide bonds. The number of thiophene rings is 1. The van der Waals surface area contributed by atoms with Crippen molar-refractivity contribution in [2.24, 2.45) is 5.41 Å². The summed E-state index contributed by atoms with van der Waals surface area (Å²) in [5, 5.41) is 3.99. The van der Waals surface area contributed by atoms with Crippen molar-refractivity contribution in [2.45, 2.75) is 74.7 Å². The highest BCUT2D eigenvalue weighted by molar-refractivity contribution is 7.23. The Morgan fingerprint density at radius 1 is 0.811 bits per heavy atom. The van der Waals surface area contributed by atoms with Crippen LogP contribution in [0.25, 0.3) is 42.6 Å². The maximum Gasteiger partial charge on any atom is 0.0880 e. The zero-order valence-electron chi connectivity index (χ0n) is 23.8. The van der Waals surface area contributed by atoms with Gasteiger partial charge < -0.3 is 0 Å². The van der Waals surface area contributed by atoms with E-state index in [-0.39, 0.29) is 5.41 Å². The topological polar surface area (TPSA) is 12.9 Å². The zero-order chi connectivity index (χ0) is 26.6. The van der Waals surface area contributed by atoms with E-state index in [2.05, 4.69) is 111 Å². The molecule has 3 aromatic carbocycles. The van der Waals surface area contributed by atoms with E-state index in [0.29, 0.717) is 5.92 Å². The molecule has 2 aromatic heterocycles. The van der Waals surface area contributed by atoms with E-state index in [9.17, 15) is 0 Å². The lowest BCUT2D eigenvalue weighted by Gasteiger charge is -2.19. The average molecular weight is 506 g/mol. The van der Waals surface area contributed by atoms with Gasteiger partial charge in [0.15, 0.2) is 0 Å². The number of rotatable bonds is 4. The summed E-state index contributed by atoms with van der Waals surface area (Å²) in [6.07, 6.45) is 3.08. The van der Waals surface area contributed by atoms with E-state index in [1.165, 1.54) is 70.2 Å². The van der Waals surface area contributed by atoms with Crippen LogP contribution in [0.1, 0.15) is 73.9 Å². The Labute approximate surface area is 226 Å². The van der Waals surface area contributed by atoms with Crippen LogP contribution in [0.3, 0.4) is 0 Å². The van der Waals surface area contributed by atoms with Crippen LogP contribution in [0.2, 0.25) is 0 Å². The van der Waals surface area contributed by atoms with E-state index in [4.69, 9.17) is 4.98 Å². The van der Waals surface area contributed by atoms with E-state index >= 15 is 0 Å². The minimum atomic E-state index is 0.286. The van der Waals surface area contributed by atoms with Gasteiger partial charge in [-0.25, -0.2) is 0 Å². The molecule has 0 aliphatic rings. The predicted molar refractivity (Wildman–Crippen MR) is 164 cm³/mol. The fourth-order valence-corrected chi connectivity index (χ4v) is 6.99. The lowest BCUT2D eigenvalue weighted by Crippen LogP contribution is -2.09. The van der Waals surface area contributed by atoms with Crippen molar-refractivity contribution in [3.05, 3.63) is 88.1 Å². The van der Waals surface area contributed by atoms with Gasteiger partial charge in [0, 0.05) is 16.6 Å². The molecule has 0 spiro atoms. The first-order valence-corrected chi connectivity index (χ1v) is 14.3. The number of aryl methyl sites for hydroxylation is 4. The summed E-state index contributed by atoms with van der Waals surface area (Å²) in [4.78, 5) is 6.32. The molecule has 0 fully saturated rings. The Kier molecular flexibility index (Phi) is 6.52. The third kappa shape index (κ3) is 4.84. The van der Waals surface area contributed by atoms with Gasteiger partial charge in [-0.1, -0.05) is 65.0 Å². The zero-order valence-corrected chi connectivity index (χ0v) is 24.7. The van der Waals surface area contributed by atoms with Crippen molar-refractivity contribution in [1.29, 1.82) is 0 Å². The van der Waals surface area contributed by atoms with Gasteiger partial charge in [-0.05, 0) is 119 Å². The van der Waals surface area contributed by atoms with Crippen LogP contribution in [0, 0.1) is 33.1 Å². The van der Waals surface area contributed by atoms with Crippen molar-refractivity contribution in [2.75, 3.05) is 0 Å². The number of fused-ring (bicyclic) bond motifs is 2. The lowest BCUT2D eigenvalue weighted by molar-refractivity contribution is 0.411. The van der Waals surface area contributed by atoms with Crippen LogP contribution >= 0.6 is 11.3 Å². The smallest absolute Gasteiger partial charge is 0.0880 e. The van der Waals surface area contributed by atoms with Crippen LogP contribution in [-0.2, 0) is 6.42 Å². The maximum atomic E-state index is 4.96. The van der Waals surface area contributed by atoms with Gasteiger partial charge in [0.2, 0.25) is 0 Å². The summed E-state index contributed by atoms with van der Waals surface area (Å²) in [6.45, 7) is 20.5. The predicted octanol–water partition coefficient (Wildman–Crippen LogP) is 10.7. The summed E-state index contributed by atoms with van der Waals surface area (Å²) in [7, 11) is 0. The Bertz CT molecular complexity index is 1640. The van der Waals surface area contributed by atoms with E-state index in [0.717, 1.165) is 12.1 Å². The molecule has 0 N–H and O–H groups in total. The van der Waals surface area contributed by atoms with Crippen LogP contribution in [-0.4, -0.2) is 4.98 Å². The van der Waals surface area contributed by atoms with Gasteiger partial charge in [-0.3, -0.25) is 4.98 Å². The molecule has 0 aliphatic heterocycles. The Morgan fingerprint density at radius 2 is 1.54 bits per heavy atom. The van der Waals surface area contributed by atoms with Gasteiger partial charge in [0.1, 0.15) is 0 Å². The number of aromatic nitrogens is 1. The van der Waals surface area contributed by atoms with Crippen molar-refractivity contribution in [3.63, 3.8) is 0 Å². The van der Waals surface area contributed by atoms with Crippen molar-refractivity contribution >= 4 is 32.2 Å². The van der Waals surface area contributed by atoms with Gasteiger partial charge >= 0.3 is 0 Å². The second-order valence-electron chi connectivity index (χ2n) is 12.4. The summed E-state index contributed by atoms with van der Waals surface area (Å²) >= 11 is 1.89. The normalized spacial score (nSPS) is 12.3. The molecule has 5 rings (SSSR count). The maximum absolute atomic E-state index is 4.96. The van der Waals surface area contributed by atoms with E-state index in [1.807, 2.05) is 17.5 Å². The standard InChI is InChI=1S/C35H39NS/c1-20(2)30-18-27(17-26-15-21(3)22(4)16-31(26)30)32-34-29(12-13-36-32)24(6)33(37-34)28-11-10-25(14-23(28)5)19-35(7,8)9/h10-18,20H,19H2,1-9H3. The molecule has 37 heavy (non-hydrogen) atoms. The molecule has 0 bridgehead atoms. The molecule has 2 heterocycles. The Balaban J connectivity index is 1.68. The summed E-state index contributed by atoms with van der Waals surface area (Å²) in [5.41, 5.74) is 12.1. The second kappa shape index (κ2) is 9.40. The fraction of sp³-hybridized carbons (Fsp3) is 0.343. The third-order valence-corrected chi connectivity index (χ3v) is 8.97. The summed E-state index contributed by atoms with van der Waals surface area (Å²) < 4.78 is 1.28. The monoisotopic (exact) mass is 505 g/mol. The minimum absolute atomic E-state index is 0.286. The van der Waals surface area contributed by atoms with Gasteiger partial charge in [-0.2, -0.15) is 0 Å². The van der Waals surface area contributed by atoms with Gasteiger partial charge in [0.05, 0.1) is 10.4 Å². The molecule has 0 aliphatic carbocycles. The van der Waals surface area contributed by atoms with Crippen LogP contribution in [0.4, 0.5) is 0 Å². The molecule has 0 saturated carbocycles. The van der Waals surface area contributed by atoms with Crippen LogP contribution in [0.15, 0.2) is 54.7 Å².